The monoisotopic (exact) mass is 270 g/mol. The van der Waals surface area contributed by atoms with Crippen LogP contribution in [0.3, 0.4) is 0 Å². The van der Waals surface area contributed by atoms with Crippen molar-refractivity contribution in [2.45, 2.75) is 12.3 Å². The number of alkyl halides is 1. The summed E-state index contributed by atoms with van der Waals surface area (Å²) in [7, 11) is 1.62. The average Bonchev–Trinajstić information content (AvgIpc) is 2.75. The fraction of sp³-hybridized carbons (Fsp3) is 0.231. The molecule has 1 heterocycles. The molecule has 0 saturated heterocycles. The molecule has 0 radical (unpaired) electrons. The third-order valence-corrected chi connectivity index (χ3v) is 3.16. The summed E-state index contributed by atoms with van der Waals surface area (Å²) in [5.41, 5.74) is 1.99. The van der Waals surface area contributed by atoms with Gasteiger partial charge in [-0.2, -0.15) is 0 Å². The van der Waals surface area contributed by atoms with Crippen molar-refractivity contribution < 1.29 is 9.15 Å². The SMILES string of the molecule is COc1ccc(C)cc1C(Cl)c1ccc(Cl)o1. The number of methoxy groups -OCH3 is 1. The molecule has 1 aromatic carbocycles. The van der Waals surface area contributed by atoms with Gasteiger partial charge in [0.25, 0.3) is 0 Å². The zero-order chi connectivity index (χ0) is 12.4. The van der Waals surface area contributed by atoms with Gasteiger partial charge in [0.15, 0.2) is 5.22 Å². The van der Waals surface area contributed by atoms with E-state index >= 15 is 0 Å². The van der Waals surface area contributed by atoms with Gasteiger partial charge in [-0.15, -0.1) is 11.6 Å². The van der Waals surface area contributed by atoms with Gasteiger partial charge >= 0.3 is 0 Å². The molecule has 1 unspecified atom stereocenters. The number of aryl methyl sites for hydroxylation is 1. The minimum Gasteiger partial charge on any atom is -0.496 e. The number of halogens is 2. The van der Waals surface area contributed by atoms with Gasteiger partial charge in [0, 0.05) is 5.56 Å². The lowest BCUT2D eigenvalue weighted by molar-refractivity contribution is 0.408. The summed E-state index contributed by atoms with van der Waals surface area (Å²) in [6.45, 7) is 2.00. The Balaban J connectivity index is 2.42. The molecule has 2 nitrogen and oxygen atoms in total. The van der Waals surface area contributed by atoms with Crippen LogP contribution in [-0.2, 0) is 0 Å². The first-order chi connectivity index (χ1) is 8.11. The molecule has 17 heavy (non-hydrogen) atoms. The maximum atomic E-state index is 6.37. The summed E-state index contributed by atoms with van der Waals surface area (Å²) in [5.74, 6) is 1.35. The summed E-state index contributed by atoms with van der Waals surface area (Å²) >= 11 is 12.1. The second-order valence-electron chi connectivity index (χ2n) is 3.75. The normalized spacial score (nSPS) is 12.5. The van der Waals surface area contributed by atoms with Crippen LogP contribution in [0.5, 0.6) is 5.75 Å². The lowest BCUT2D eigenvalue weighted by atomic mass is 10.1. The number of rotatable bonds is 3. The van der Waals surface area contributed by atoms with Crippen molar-refractivity contribution in [2.75, 3.05) is 7.11 Å². The summed E-state index contributed by atoms with van der Waals surface area (Å²) in [4.78, 5) is 0. The smallest absolute Gasteiger partial charge is 0.193 e. The molecular formula is C13H12Cl2O2. The van der Waals surface area contributed by atoms with Gasteiger partial charge in [-0.05, 0) is 36.7 Å². The summed E-state index contributed by atoms with van der Waals surface area (Å²) in [6, 6.07) is 9.29. The van der Waals surface area contributed by atoms with E-state index in [4.69, 9.17) is 32.4 Å². The highest BCUT2D eigenvalue weighted by molar-refractivity contribution is 6.29. The standard InChI is InChI=1S/C13H12Cl2O2/c1-8-3-4-10(16-2)9(7-8)13(15)11-5-6-12(14)17-11/h3-7,13H,1-2H3. The van der Waals surface area contributed by atoms with Gasteiger partial charge in [-0.25, -0.2) is 0 Å². The largest absolute Gasteiger partial charge is 0.496 e. The molecule has 0 N–H and O–H groups in total. The van der Waals surface area contributed by atoms with E-state index < -0.39 is 5.38 Å². The van der Waals surface area contributed by atoms with Crippen molar-refractivity contribution in [2.24, 2.45) is 0 Å². The Bertz CT molecular complexity index is 520. The van der Waals surface area contributed by atoms with Crippen LogP contribution >= 0.6 is 23.2 Å². The van der Waals surface area contributed by atoms with Crippen LogP contribution < -0.4 is 4.74 Å². The molecule has 0 fully saturated rings. The molecule has 0 bridgehead atoms. The molecule has 1 aromatic heterocycles. The zero-order valence-electron chi connectivity index (χ0n) is 9.54. The Kier molecular flexibility index (Phi) is 3.65. The van der Waals surface area contributed by atoms with Crippen LogP contribution in [0.4, 0.5) is 0 Å². The van der Waals surface area contributed by atoms with Gasteiger partial charge in [0.1, 0.15) is 16.9 Å². The average molecular weight is 271 g/mol. The number of benzene rings is 1. The topological polar surface area (TPSA) is 22.4 Å². The van der Waals surface area contributed by atoms with Crippen molar-refractivity contribution in [3.63, 3.8) is 0 Å². The molecule has 90 valence electrons. The third-order valence-electron chi connectivity index (χ3n) is 2.50. The van der Waals surface area contributed by atoms with Crippen LogP contribution in [0.15, 0.2) is 34.7 Å². The fourth-order valence-corrected chi connectivity index (χ4v) is 2.11. The first-order valence-corrected chi connectivity index (χ1v) is 5.97. The Morgan fingerprint density at radius 2 is 2.00 bits per heavy atom. The van der Waals surface area contributed by atoms with Gasteiger partial charge in [-0.3, -0.25) is 0 Å². The quantitative estimate of drug-likeness (QED) is 0.762. The van der Waals surface area contributed by atoms with E-state index in [-0.39, 0.29) is 0 Å². The lowest BCUT2D eigenvalue weighted by Crippen LogP contribution is -1.97. The highest BCUT2D eigenvalue weighted by atomic mass is 35.5. The van der Waals surface area contributed by atoms with Gasteiger partial charge < -0.3 is 9.15 Å². The molecule has 0 saturated carbocycles. The van der Waals surface area contributed by atoms with Crippen molar-refractivity contribution >= 4 is 23.2 Å². The molecule has 1 atom stereocenters. The van der Waals surface area contributed by atoms with E-state index in [1.54, 1.807) is 19.2 Å². The van der Waals surface area contributed by atoms with Crippen molar-refractivity contribution in [3.8, 4) is 5.75 Å². The number of furan rings is 1. The second-order valence-corrected chi connectivity index (χ2v) is 4.56. The van der Waals surface area contributed by atoms with Crippen LogP contribution in [0.25, 0.3) is 0 Å². The maximum absolute atomic E-state index is 6.37. The van der Waals surface area contributed by atoms with E-state index in [0.29, 0.717) is 11.0 Å². The molecule has 0 amide bonds. The summed E-state index contributed by atoms with van der Waals surface area (Å²) in [6.07, 6.45) is 0. The predicted molar refractivity (Wildman–Crippen MR) is 69.1 cm³/mol. The minimum atomic E-state index is -0.405. The Labute approximate surface area is 110 Å². The van der Waals surface area contributed by atoms with Crippen LogP contribution in [0.1, 0.15) is 22.3 Å². The Hall–Kier alpha value is -1.12. The van der Waals surface area contributed by atoms with Crippen LogP contribution in [-0.4, -0.2) is 7.11 Å². The van der Waals surface area contributed by atoms with Crippen molar-refractivity contribution in [1.82, 2.24) is 0 Å². The van der Waals surface area contributed by atoms with Crippen LogP contribution in [0, 0.1) is 6.92 Å². The van der Waals surface area contributed by atoms with E-state index in [1.165, 1.54) is 0 Å². The van der Waals surface area contributed by atoms with Gasteiger partial charge in [0.05, 0.1) is 7.11 Å². The first-order valence-electron chi connectivity index (χ1n) is 5.15. The van der Waals surface area contributed by atoms with Crippen molar-refractivity contribution in [1.29, 1.82) is 0 Å². The molecule has 0 aliphatic carbocycles. The highest BCUT2D eigenvalue weighted by Gasteiger charge is 2.19. The van der Waals surface area contributed by atoms with E-state index in [9.17, 15) is 0 Å². The fourth-order valence-electron chi connectivity index (χ4n) is 1.67. The molecule has 2 aromatic rings. The van der Waals surface area contributed by atoms with E-state index in [0.717, 1.165) is 16.9 Å². The van der Waals surface area contributed by atoms with Crippen LogP contribution in [0.2, 0.25) is 5.22 Å². The minimum absolute atomic E-state index is 0.331. The van der Waals surface area contributed by atoms with E-state index in [2.05, 4.69) is 0 Å². The Morgan fingerprint density at radius 3 is 2.59 bits per heavy atom. The summed E-state index contributed by atoms with van der Waals surface area (Å²) < 4.78 is 10.6. The summed E-state index contributed by atoms with van der Waals surface area (Å²) in [5, 5.41) is -0.0744. The van der Waals surface area contributed by atoms with E-state index in [1.807, 2.05) is 25.1 Å². The molecule has 2 rings (SSSR count). The predicted octanol–water partition coefficient (Wildman–Crippen LogP) is 4.58. The van der Waals surface area contributed by atoms with Gasteiger partial charge in [0.2, 0.25) is 0 Å². The molecular weight excluding hydrogens is 259 g/mol. The first kappa shape index (κ1) is 12.3. The second kappa shape index (κ2) is 5.03. The van der Waals surface area contributed by atoms with Gasteiger partial charge in [-0.1, -0.05) is 17.7 Å². The number of hydrogen-bond donors (Lipinski definition) is 0. The molecule has 0 spiro atoms. The number of hydrogen-bond acceptors (Lipinski definition) is 2. The zero-order valence-corrected chi connectivity index (χ0v) is 11.0. The lowest BCUT2D eigenvalue weighted by Gasteiger charge is -2.12. The maximum Gasteiger partial charge on any atom is 0.193 e. The Morgan fingerprint density at radius 1 is 1.24 bits per heavy atom. The third kappa shape index (κ3) is 2.59. The molecule has 0 aliphatic rings. The highest BCUT2D eigenvalue weighted by Crippen LogP contribution is 2.36. The molecule has 0 aliphatic heterocycles. The number of ether oxygens (including phenoxy) is 1. The van der Waals surface area contributed by atoms with Crippen molar-refractivity contribution in [3.05, 3.63) is 52.4 Å². The molecule has 4 heteroatoms.